The van der Waals surface area contributed by atoms with E-state index in [-0.39, 0.29) is 24.5 Å². The number of rotatable bonds is 4. The third-order valence-corrected chi connectivity index (χ3v) is 9.30. The van der Waals surface area contributed by atoms with Crippen LogP contribution in [0.2, 0.25) is 0 Å². The van der Waals surface area contributed by atoms with Crippen LogP contribution in [0.4, 0.5) is 4.39 Å². The quantitative estimate of drug-likeness (QED) is 0.642. The summed E-state index contributed by atoms with van der Waals surface area (Å²) in [4.78, 5) is 36.7. The molecule has 0 saturated heterocycles. The zero-order chi connectivity index (χ0) is 23.7. The standard InChI is InChI=1S/C25H33FO6/c1-5-21(30)32-13-20(29)25(31)14(2)10-18-17-7-6-15-11-16(27)8-9-22(15,3)24(17,26)19(28)12-23(18,25)4/h8-9,11,14,17-19,28,31H,5-7,10,12-13H2,1-4H3/t14-,17?,18?,19?,22-,23-,24-,25-/m1/s1. The molecule has 3 saturated carbocycles. The van der Waals surface area contributed by atoms with Crippen molar-refractivity contribution in [2.24, 2.45) is 28.6 Å². The Labute approximate surface area is 187 Å². The molecule has 4 aliphatic rings. The Morgan fingerprint density at radius 1 is 1.28 bits per heavy atom. The molecule has 2 N–H and O–H groups in total. The first-order valence-electron chi connectivity index (χ1n) is 11.6. The molecule has 176 valence electrons. The van der Waals surface area contributed by atoms with Crippen LogP contribution in [0.3, 0.4) is 0 Å². The molecule has 4 aliphatic carbocycles. The monoisotopic (exact) mass is 448 g/mol. The summed E-state index contributed by atoms with van der Waals surface area (Å²) in [5.74, 6) is -2.70. The van der Waals surface area contributed by atoms with E-state index in [1.165, 1.54) is 12.2 Å². The molecule has 6 nitrogen and oxygen atoms in total. The van der Waals surface area contributed by atoms with E-state index in [0.717, 1.165) is 0 Å². The lowest BCUT2D eigenvalue weighted by Crippen LogP contribution is -2.69. The lowest BCUT2D eigenvalue weighted by molar-refractivity contribution is -0.220. The minimum Gasteiger partial charge on any atom is -0.458 e. The fraction of sp³-hybridized carbons (Fsp3) is 0.720. The van der Waals surface area contributed by atoms with Crippen LogP contribution in [-0.2, 0) is 19.1 Å². The summed E-state index contributed by atoms with van der Waals surface area (Å²) < 4.78 is 22.1. The van der Waals surface area contributed by atoms with Crippen molar-refractivity contribution in [1.82, 2.24) is 0 Å². The Morgan fingerprint density at radius 3 is 2.62 bits per heavy atom. The first-order chi connectivity index (χ1) is 14.9. The van der Waals surface area contributed by atoms with E-state index < -0.39 is 58.4 Å². The maximum absolute atomic E-state index is 17.1. The van der Waals surface area contributed by atoms with Crippen LogP contribution in [0, 0.1) is 28.6 Å². The van der Waals surface area contributed by atoms with Crippen molar-refractivity contribution in [2.45, 2.75) is 77.2 Å². The summed E-state index contributed by atoms with van der Waals surface area (Å²) in [6.07, 6.45) is 4.42. The number of carbonyl (C=O) groups excluding carboxylic acids is 3. The molecule has 8 atom stereocenters. The number of esters is 1. The highest BCUT2D eigenvalue weighted by Crippen LogP contribution is 2.70. The molecule has 0 spiro atoms. The summed E-state index contributed by atoms with van der Waals surface area (Å²) >= 11 is 0. The molecule has 0 radical (unpaired) electrons. The molecule has 0 amide bonds. The summed E-state index contributed by atoms with van der Waals surface area (Å²) in [5.41, 5.74) is -5.33. The second-order valence-electron chi connectivity index (χ2n) is 10.6. The number of aliphatic hydroxyl groups excluding tert-OH is 1. The number of aliphatic hydroxyl groups is 2. The molecular formula is C25H33FO6. The van der Waals surface area contributed by atoms with Gasteiger partial charge in [0.2, 0.25) is 5.78 Å². The normalized spacial score (nSPS) is 47.2. The third-order valence-electron chi connectivity index (χ3n) is 9.30. The predicted octanol–water partition coefficient (Wildman–Crippen LogP) is 2.86. The first-order valence-corrected chi connectivity index (χ1v) is 11.6. The smallest absolute Gasteiger partial charge is 0.305 e. The van der Waals surface area contributed by atoms with Crippen LogP contribution < -0.4 is 0 Å². The van der Waals surface area contributed by atoms with E-state index in [1.54, 1.807) is 33.8 Å². The highest BCUT2D eigenvalue weighted by molar-refractivity contribution is 6.01. The van der Waals surface area contributed by atoms with Crippen LogP contribution in [0.1, 0.15) is 59.8 Å². The van der Waals surface area contributed by atoms with Gasteiger partial charge in [0, 0.05) is 23.2 Å². The highest BCUT2D eigenvalue weighted by Gasteiger charge is 2.75. The molecule has 3 unspecified atom stereocenters. The Bertz CT molecular complexity index is 925. The van der Waals surface area contributed by atoms with Crippen molar-refractivity contribution < 1.29 is 33.7 Å². The van der Waals surface area contributed by atoms with Crippen molar-refractivity contribution in [2.75, 3.05) is 6.61 Å². The fourth-order valence-corrected chi connectivity index (χ4v) is 7.50. The second-order valence-corrected chi connectivity index (χ2v) is 10.6. The van der Waals surface area contributed by atoms with Gasteiger partial charge in [-0.25, -0.2) is 4.39 Å². The number of Topliss-reactive ketones (excluding diaryl/α,β-unsaturated/α-hetero) is 1. The molecule has 3 fully saturated rings. The van der Waals surface area contributed by atoms with E-state index in [9.17, 15) is 24.6 Å². The largest absolute Gasteiger partial charge is 0.458 e. The minimum absolute atomic E-state index is 0.0936. The van der Waals surface area contributed by atoms with Crippen molar-refractivity contribution in [3.63, 3.8) is 0 Å². The van der Waals surface area contributed by atoms with Crippen molar-refractivity contribution in [3.05, 3.63) is 23.8 Å². The molecule has 0 aromatic rings. The Kier molecular flexibility index (Phi) is 5.33. The molecule has 0 aromatic heterocycles. The van der Waals surface area contributed by atoms with Gasteiger partial charge >= 0.3 is 5.97 Å². The van der Waals surface area contributed by atoms with E-state index in [0.29, 0.717) is 24.8 Å². The lowest BCUT2D eigenvalue weighted by atomic mass is 9.44. The topological polar surface area (TPSA) is 101 Å². The maximum atomic E-state index is 17.1. The molecule has 0 aliphatic heterocycles. The van der Waals surface area contributed by atoms with Crippen LogP contribution in [0.5, 0.6) is 0 Å². The van der Waals surface area contributed by atoms with Crippen molar-refractivity contribution in [1.29, 1.82) is 0 Å². The number of halogens is 1. The summed E-state index contributed by atoms with van der Waals surface area (Å²) in [6.45, 7) is 6.35. The van der Waals surface area contributed by atoms with Crippen LogP contribution in [0.15, 0.2) is 23.8 Å². The average molecular weight is 449 g/mol. The van der Waals surface area contributed by atoms with Gasteiger partial charge in [-0.15, -0.1) is 0 Å². The number of hydrogen-bond donors (Lipinski definition) is 2. The SMILES string of the molecule is CCC(=O)OCC(=O)[C@]1(O)[C@H](C)CC2C3CCC4=CC(=O)C=C[C@@]4(C)[C@]3(F)C(O)C[C@]21C. The van der Waals surface area contributed by atoms with E-state index >= 15 is 4.39 Å². The number of ether oxygens (including phenoxy) is 1. The Morgan fingerprint density at radius 2 is 1.97 bits per heavy atom. The van der Waals surface area contributed by atoms with E-state index in [4.69, 9.17) is 4.74 Å². The van der Waals surface area contributed by atoms with Gasteiger partial charge in [0.05, 0.1) is 6.10 Å². The van der Waals surface area contributed by atoms with Crippen molar-refractivity contribution in [3.8, 4) is 0 Å². The van der Waals surface area contributed by atoms with Gasteiger partial charge in [0.25, 0.3) is 0 Å². The molecule has 0 bridgehead atoms. The minimum atomic E-state index is -2.01. The van der Waals surface area contributed by atoms with Gasteiger partial charge in [-0.1, -0.05) is 32.4 Å². The van der Waals surface area contributed by atoms with Gasteiger partial charge in [-0.2, -0.15) is 0 Å². The zero-order valence-electron chi connectivity index (χ0n) is 19.2. The number of fused-ring (bicyclic) bond motifs is 5. The maximum Gasteiger partial charge on any atom is 0.305 e. The highest BCUT2D eigenvalue weighted by atomic mass is 19.1. The molecule has 7 heteroatoms. The fourth-order valence-electron chi connectivity index (χ4n) is 7.50. The van der Waals surface area contributed by atoms with Crippen LogP contribution in [-0.4, -0.2) is 51.7 Å². The molecule has 0 aromatic carbocycles. The summed E-state index contributed by atoms with van der Waals surface area (Å²) in [5, 5.41) is 23.0. The summed E-state index contributed by atoms with van der Waals surface area (Å²) in [6, 6.07) is 0. The van der Waals surface area contributed by atoms with Gasteiger partial charge in [0.1, 0.15) is 5.60 Å². The van der Waals surface area contributed by atoms with Gasteiger partial charge < -0.3 is 14.9 Å². The zero-order valence-corrected chi connectivity index (χ0v) is 19.2. The Hall–Kier alpha value is -1.86. The average Bonchev–Trinajstić information content (AvgIpc) is 2.94. The van der Waals surface area contributed by atoms with Gasteiger partial charge in [0.15, 0.2) is 18.1 Å². The third kappa shape index (κ3) is 2.73. The predicted molar refractivity (Wildman–Crippen MR) is 114 cm³/mol. The summed E-state index contributed by atoms with van der Waals surface area (Å²) in [7, 11) is 0. The van der Waals surface area contributed by atoms with Gasteiger partial charge in [-0.3, -0.25) is 14.4 Å². The number of hydrogen-bond acceptors (Lipinski definition) is 6. The molecule has 4 rings (SSSR count). The Balaban J connectivity index is 1.73. The number of carbonyl (C=O) groups is 3. The van der Waals surface area contributed by atoms with Crippen LogP contribution >= 0.6 is 0 Å². The lowest BCUT2D eigenvalue weighted by Gasteiger charge is -2.62. The number of allylic oxidation sites excluding steroid dienone is 4. The molecule has 32 heavy (non-hydrogen) atoms. The van der Waals surface area contributed by atoms with Crippen molar-refractivity contribution >= 4 is 17.5 Å². The number of alkyl halides is 1. The van der Waals surface area contributed by atoms with E-state index in [2.05, 4.69) is 0 Å². The van der Waals surface area contributed by atoms with E-state index in [1.807, 2.05) is 0 Å². The number of ketones is 2. The second kappa shape index (κ2) is 7.32. The first kappa shape index (κ1) is 23.3. The molecule has 0 heterocycles. The molecular weight excluding hydrogens is 415 g/mol. The van der Waals surface area contributed by atoms with Gasteiger partial charge in [-0.05, 0) is 56.6 Å². The van der Waals surface area contributed by atoms with Crippen LogP contribution in [0.25, 0.3) is 0 Å².